The summed E-state index contributed by atoms with van der Waals surface area (Å²) in [6, 6.07) is 1.53. The second kappa shape index (κ2) is 5.72. The van der Waals surface area contributed by atoms with Crippen LogP contribution in [0.1, 0.15) is 47.8 Å². The average molecular weight is 310 g/mol. The van der Waals surface area contributed by atoms with Crippen LogP contribution in [0, 0.1) is 13.8 Å². The van der Waals surface area contributed by atoms with Gasteiger partial charge in [-0.15, -0.1) is 22.7 Å². The van der Waals surface area contributed by atoms with Crippen molar-refractivity contribution in [2.45, 2.75) is 26.8 Å². The van der Waals surface area contributed by atoms with Crippen molar-refractivity contribution >= 4 is 34.6 Å². The number of carbonyl (C=O) groups excluding carboxylic acids is 1. The first kappa shape index (κ1) is 14.7. The van der Waals surface area contributed by atoms with E-state index in [9.17, 15) is 9.59 Å². The van der Waals surface area contributed by atoms with E-state index in [4.69, 9.17) is 5.11 Å². The Hall–Kier alpha value is -1.73. The van der Waals surface area contributed by atoms with Crippen LogP contribution in [0.5, 0.6) is 0 Å². The van der Waals surface area contributed by atoms with Gasteiger partial charge in [0.15, 0.2) is 0 Å². The number of hydrogen-bond acceptors (Lipinski definition) is 5. The zero-order valence-electron chi connectivity index (χ0n) is 11.3. The fourth-order valence-electron chi connectivity index (χ4n) is 1.78. The third-order valence-corrected chi connectivity index (χ3v) is 4.87. The molecule has 2 heterocycles. The molecule has 0 saturated heterocycles. The molecule has 1 unspecified atom stereocenters. The van der Waals surface area contributed by atoms with E-state index in [0.717, 1.165) is 21.1 Å². The lowest BCUT2D eigenvalue weighted by atomic mass is 10.2. The highest BCUT2D eigenvalue weighted by molar-refractivity contribution is 7.13. The normalized spacial score (nSPS) is 12.2. The average Bonchev–Trinajstić information content (AvgIpc) is 2.95. The molecule has 0 radical (unpaired) electrons. The van der Waals surface area contributed by atoms with E-state index in [1.54, 1.807) is 18.3 Å². The fourth-order valence-corrected chi connectivity index (χ4v) is 3.46. The summed E-state index contributed by atoms with van der Waals surface area (Å²) in [7, 11) is 0. The summed E-state index contributed by atoms with van der Waals surface area (Å²) in [4.78, 5) is 29.2. The monoisotopic (exact) mass is 310 g/mol. The topological polar surface area (TPSA) is 79.3 Å². The maximum Gasteiger partial charge on any atom is 0.347 e. The molecule has 0 bridgehead atoms. The fraction of sp³-hybridized carbons (Fsp3) is 0.308. The molecule has 0 aliphatic carbocycles. The Balaban J connectivity index is 2.10. The van der Waals surface area contributed by atoms with E-state index < -0.39 is 5.97 Å². The van der Waals surface area contributed by atoms with Crippen molar-refractivity contribution in [3.63, 3.8) is 0 Å². The van der Waals surface area contributed by atoms with Crippen LogP contribution >= 0.6 is 22.7 Å². The Morgan fingerprint density at radius 2 is 2.05 bits per heavy atom. The van der Waals surface area contributed by atoms with Crippen molar-refractivity contribution in [3.05, 3.63) is 37.5 Å². The minimum atomic E-state index is -1.00. The largest absolute Gasteiger partial charge is 0.477 e. The maximum absolute atomic E-state index is 12.2. The van der Waals surface area contributed by atoms with Crippen molar-refractivity contribution in [1.82, 2.24) is 10.3 Å². The van der Waals surface area contributed by atoms with Gasteiger partial charge in [-0.2, -0.15) is 0 Å². The van der Waals surface area contributed by atoms with Crippen molar-refractivity contribution < 1.29 is 14.7 Å². The quantitative estimate of drug-likeness (QED) is 0.910. The van der Waals surface area contributed by atoms with Crippen LogP contribution in [-0.4, -0.2) is 22.0 Å². The highest BCUT2D eigenvalue weighted by Crippen LogP contribution is 2.23. The number of carboxylic acid groups (broad SMARTS) is 1. The molecule has 0 aromatic carbocycles. The number of aromatic carboxylic acids is 1. The Morgan fingerprint density at radius 1 is 1.35 bits per heavy atom. The summed E-state index contributed by atoms with van der Waals surface area (Å²) in [6.07, 6.45) is 1.31. The zero-order valence-corrected chi connectivity index (χ0v) is 12.9. The number of aryl methyl sites for hydroxylation is 2. The van der Waals surface area contributed by atoms with Crippen molar-refractivity contribution in [2.75, 3.05) is 0 Å². The van der Waals surface area contributed by atoms with Gasteiger partial charge in [-0.25, -0.2) is 9.78 Å². The number of carbonyl (C=O) groups is 2. The molecule has 0 aliphatic rings. The molecule has 7 heteroatoms. The number of nitrogens with one attached hydrogen (secondary N) is 1. The Kier molecular flexibility index (Phi) is 4.20. The van der Waals surface area contributed by atoms with Crippen LogP contribution in [-0.2, 0) is 0 Å². The molecule has 2 aromatic rings. The van der Waals surface area contributed by atoms with E-state index in [1.165, 1.54) is 6.20 Å². The second-order valence-corrected chi connectivity index (χ2v) is 6.91. The van der Waals surface area contributed by atoms with Gasteiger partial charge in [-0.1, -0.05) is 0 Å². The zero-order chi connectivity index (χ0) is 14.9. The van der Waals surface area contributed by atoms with Gasteiger partial charge in [0.25, 0.3) is 5.91 Å². The van der Waals surface area contributed by atoms with E-state index in [2.05, 4.69) is 10.3 Å². The number of rotatable bonds is 4. The standard InChI is InChI=1S/C13H14N2O3S2/c1-6-4-9(8(3)19-6)11(16)15-7(2)12-14-5-10(20-12)13(17)18/h4-5,7H,1-3H3,(H,15,16)(H,17,18). The summed E-state index contributed by atoms with van der Waals surface area (Å²) in [5.41, 5.74) is 0.661. The number of thiazole rings is 1. The lowest BCUT2D eigenvalue weighted by Crippen LogP contribution is -2.26. The van der Waals surface area contributed by atoms with Crippen LogP contribution in [0.15, 0.2) is 12.3 Å². The Labute approximate surface area is 124 Å². The first-order valence-electron chi connectivity index (χ1n) is 5.95. The molecule has 106 valence electrons. The van der Waals surface area contributed by atoms with Crippen molar-refractivity contribution in [1.29, 1.82) is 0 Å². The Bertz CT molecular complexity index is 660. The minimum absolute atomic E-state index is 0.161. The lowest BCUT2D eigenvalue weighted by molar-refractivity contribution is 0.0701. The third kappa shape index (κ3) is 3.05. The number of aromatic nitrogens is 1. The van der Waals surface area contributed by atoms with Crippen molar-refractivity contribution in [3.8, 4) is 0 Å². The number of hydrogen-bond donors (Lipinski definition) is 2. The SMILES string of the molecule is Cc1cc(C(=O)NC(C)c2ncc(C(=O)O)s2)c(C)s1. The molecular weight excluding hydrogens is 296 g/mol. The molecular formula is C13H14N2O3S2. The predicted octanol–water partition coefficient (Wildman–Crippen LogP) is 3.01. The number of thiophene rings is 1. The van der Waals surface area contributed by atoms with Crippen LogP contribution in [0.25, 0.3) is 0 Å². The molecule has 1 atom stereocenters. The van der Waals surface area contributed by atoms with Crippen LogP contribution < -0.4 is 5.32 Å². The van der Waals surface area contributed by atoms with Gasteiger partial charge in [-0.3, -0.25) is 4.79 Å². The molecule has 0 aliphatic heterocycles. The summed E-state index contributed by atoms with van der Waals surface area (Å²) in [5.74, 6) is -1.16. The van der Waals surface area contributed by atoms with Crippen molar-refractivity contribution in [2.24, 2.45) is 0 Å². The molecule has 5 nitrogen and oxygen atoms in total. The molecule has 2 rings (SSSR count). The minimum Gasteiger partial charge on any atom is -0.477 e. The molecule has 2 N–H and O–H groups in total. The van der Waals surface area contributed by atoms with E-state index in [1.807, 2.05) is 19.9 Å². The third-order valence-electron chi connectivity index (χ3n) is 2.74. The molecule has 20 heavy (non-hydrogen) atoms. The smallest absolute Gasteiger partial charge is 0.347 e. The Morgan fingerprint density at radius 3 is 2.55 bits per heavy atom. The second-order valence-electron chi connectivity index (χ2n) is 4.39. The lowest BCUT2D eigenvalue weighted by Gasteiger charge is -2.10. The first-order valence-corrected chi connectivity index (χ1v) is 7.58. The maximum atomic E-state index is 12.2. The number of nitrogens with zero attached hydrogens (tertiary/aromatic N) is 1. The van der Waals surface area contributed by atoms with Gasteiger partial charge in [0.2, 0.25) is 0 Å². The van der Waals surface area contributed by atoms with Crippen LogP contribution in [0.3, 0.4) is 0 Å². The predicted molar refractivity (Wildman–Crippen MR) is 78.7 cm³/mol. The highest BCUT2D eigenvalue weighted by atomic mass is 32.1. The van der Waals surface area contributed by atoms with E-state index >= 15 is 0 Å². The summed E-state index contributed by atoms with van der Waals surface area (Å²) >= 11 is 2.65. The summed E-state index contributed by atoms with van der Waals surface area (Å²) in [6.45, 7) is 5.65. The molecule has 2 aromatic heterocycles. The van der Waals surface area contributed by atoms with Gasteiger partial charge < -0.3 is 10.4 Å². The first-order chi connectivity index (χ1) is 9.38. The molecule has 0 fully saturated rings. The van der Waals surface area contributed by atoms with Gasteiger partial charge in [0, 0.05) is 9.75 Å². The molecule has 0 spiro atoms. The number of carboxylic acids is 1. The summed E-state index contributed by atoms with van der Waals surface area (Å²) in [5, 5.41) is 12.3. The van der Waals surface area contributed by atoms with Gasteiger partial charge in [-0.05, 0) is 26.8 Å². The van der Waals surface area contributed by atoms with Gasteiger partial charge in [0.05, 0.1) is 17.8 Å². The van der Waals surface area contributed by atoms with E-state index in [-0.39, 0.29) is 16.8 Å². The molecule has 1 amide bonds. The highest BCUT2D eigenvalue weighted by Gasteiger charge is 2.18. The van der Waals surface area contributed by atoms with Gasteiger partial charge in [0.1, 0.15) is 9.88 Å². The van der Waals surface area contributed by atoms with Crippen LogP contribution in [0.2, 0.25) is 0 Å². The van der Waals surface area contributed by atoms with Crippen LogP contribution in [0.4, 0.5) is 0 Å². The summed E-state index contributed by atoms with van der Waals surface area (Å²) < 4.78 is 0. The molecule has 0 saturated carbocycles. The number of amides is 1. The van der Waals surface area contributed by atoms with Gasteiger partial charge >= 0.3 is 5.97 Å². The van der Waals surface area contributed by atoms with E-state index in [0.29, 0.717) is 10.6 Å².